The fourth-order valence-corrected chi connectivity index (χ4v) is 2.87. The Bertz CT molecular complexity index is 747. The molecular weight excluding hydrogens is 356 g/mol. The third-order valence-electron chi connectivity index (χ3n) is 4.06. The number of hydrogen-bond donors (Lipinski definition) is 2. The zero-order chi connectivity index (χ0) is 20.4. The highest BCUT2D eigenvalue weighted by atomic mass is 16.6. The van der Waals surface area contributed by atoms with Gasteiger partial charge in [-0.15, -0.1) is 0 Å². The molecule has 2 N–H and O–H groups in total. The van der Waals surface area contributed by atoms with Gasteiger partial charge in [-0.2, -0.15) is 0 Å². The van der Waals surface area contributed by atoms with Crippen molar-refractivity contribution < 1.29 is 34.1 Å². The first-order chi connectivity index (χ1) is 12.5. The predicted octanol–water partition coefficient (Wildman–Crippen LogP) is 2.15. The highest BCUT2D eigenvalue weighted by Crippen LogP contribution is 2.35. The van der Waals surface area contributed by atoms with Crippen LogP contribution in [0.25, 0.3) is 0 Å². The molecule has 148 valence electrons. The Morgan fingerprint density at radius 1 is 1.00 bits per heavy atom. The molecule has 0 aliphatic carbocycles. The summed E-state index contributed by atoms with van der Waals surface area (Å²) in [5.41, 5.74) is -0.836. The molecule has 1 aromatic rings. The van der Waals surface area contributed by atoms with E-state index in [1.165, 1.54) is 19.2 Å². The number of carbonyl (C=O) groups is 3. The number of nitrogens with zero attached hydrogens (tertiary/aromatic N) is 2. The number of hydrogen-bond acceptors (Lipinski definition) is 6. The van der Waals surface area contributed by atoms with Crippen molar-refractivity contribution in [2.75, 3.05) is 38.2 Å². The van der Waals surface area contributed by atoms with E-state index in [4.69, 9.17) is 9.47 Å². The number of carboxylic acid groups (broad SMARTS) is 2. The molecule has 0 atom stereocenters. The normalized spacial score (nSPS) is 14.7. The molecule has 1 heterocycles. The van der Waals surface area contributed by atoms with Gasteiger partial charge in [0.1, 0.15) is 11.2 Å². The van der Waals surface area contributed by atoms with Crippen LogP contribution in [0.5, 0.6) is 5.75 Å². The second-order valence-corrected chi connectivity index (χ2v) is 7.11. The second kappa shape index (κ2) is 7.73. The van der Waals surface area contributed by atoms with Gasteiger partial charge in [-0.3, -0.25) is 0 Å². The van der Waals surface area contributed by atoms with Crippen LogP contribution in [0.1, 0.15) is 41.5 Å². The topological polar surface area (TPSA) is 117 Å². The van der Waals surface area contributed by atoms with Crippen molar-refractivity contribution in [2.24, 2.45) is 0 Å². The summed E-state index contributed by atoms with van der Waals surface area (Å²) in [7, 11) is 1.30. The molecule has 1 amide bonds. The molecule has 1 saturated heterocycles. The monoisotopic (exact) mass is 380 g/mol. The lowest BCUT2D eigenvalue weighted by molar-refractivity contribution is 0.0240. The van der Waals surface area contributed by atoms with Crippen molar-refractivity contribution in [2.45, 2.75) is 26.4 Å². The van der Waals surface area contributed by atoms with E-state index in [1.54, 1.807) is 25.7 Å². The van der Waals surface area contributed by atoms with Gasteiger partial charge >= 0.3 is 18.0 Å². The lowest BCUT2D eigenvalue weighted by atomic mass is 10.0. The Labute approximate surface area is 157 Å². The van der Waals surface area contributed by atoms with E-state index in [0.29, 0.717) is 31.9 Å². The zero-order valence-corrected chi connectivity index (χ0v) is 15.8. The average Bonchev–Trinajstić information content (AvgIpc) is 2.58. The first-order valence-electron chi connectivity index (χ1n) is 8.45. The van der Waals surface area contributed by atoms with Gasteiger partial charge in [-0.1, -0.05) is 0 Å². The number of aromatic carboxylic acids is 2. The molecule has 2 rings (SSSR count). The van der Waals surface area contributed by atoms with Crippen molar-refractivity contribution in [3.63, 3.8) is 0 Å². The first-order valence-corrected chi connectivity index (χ1v) is 8.45. The molecule has 1 aromatic carbocycles. The van der Waals surface area contributed by atoms with Crippen LogP contribution in [0.2, 0.25) is 0 Å². The molecule has 27 heavy (non-hydrogen) atoms. The number of amides is 1. The van der Waals surface area contributed by atoms with Crippen LogP contribution in [-0.4, -0.2) is 72.0 Å². The van der Waals surface area contributed by atoms with Crippen LogP contribution < -0.4 is 9.64 Å². The molecule has 9 nitrogen and oxygen atoms in total. The zero-order valence-electron chi connectivity index (χ0n) is 15.8. The molecule has 0 spiro atoms. The Hall–Kier alpha value is -2.97. The van der Waals surface area contributed by atoms with Crippen LogP contribution >= 0.6 is 0 Å². The number of anilines is 1. The molecule has 0 unspecified atom stereocenters. The Balaban J connectivity index is 2.23. The van der Waals surface area contributed by atoms with Crippen LogP contribution in [-0.2, 0) is 4.74 Å². The average molecular weight is 380 g/mol. The van der Waals surface area contributed by atoms with E-state index >= 15 is 0 Å². The number of rotatable bonds is 4. The number of benzene rings is 1. The van der Waals surface area contributed by atoms with Crippen molar-refractivity contribution in [1.82, 2.24) is 4.90 Å². The summed E-state index contributed by atoms with van der Waals surface area (Å²) in [5.74, 6) is -2.72. The third kappa shape index (κ3) is 4.60. The SMILES string of the molecule is COc1c(N2CCN(C(=O)OC(C)(C)C)CC2)ccc(C(=O)O)c1C(=O)O. The van der Waals surface area contributed by atoms with Gasteiger partial charge < -0.3 is 29.5 Å². The van der Waals surface area contributed by atoms with Crippen LogP contribution in [0, 0.1) is 0 Å². The van der Waals surface area contributed by atoms with E-state index in [2.05, 4.69) is 0 Å². The number of ether oxygens (including phenoxy) is 2. The Kier molecular flexibility index (Phi) is 5.82. The molecule has 1 aliphatic heterocycles. The molecule has 1 aliphatic rings. The fourth-order valence-electron chi connectivity index (χ4n) is 2.87. The van der Waals surface area contributed by atoms with Gasteiger partial charge in [0.15, 0.2) is 5.75 Å². The van der Waals surface area contributed by atoms with E-state index in [0.717, 1.165) is 0 Å². The van der Waals surface area contributed by atoms with E-state index in [-0.39, 0.29) is 11.3 Å². The van der Waals surface area contributed by atoms with E-state index in [1.807, 2.05) is 4.90 Å². The maximum atomic E-state index is 12.2. The maximum absolute atomic E-state index is 12.2. The Morgan fingerprint density at radius 3 is 2.04 bits per heavy atom. The Morgan fingerprint density at radius 2 is 1.59 bits per heavy atom. The highest BCUT2D eigenvalue weighted by Gasteiger charge is 2.30. The van der Waals surface area contributed by atoms with E-state index in [9.17, 15) is 24.6 Å². The minimum atomic E-state index is -1.38. The number of methoxy groups -OCH3 is 1. The standard InChI is InChI=1S/C18H24N2O7/c1-18(2,3)27-17(25)20-9-7-19(8-10-20)12-6-5-11(15(21)22)13(16(23)24)14(12)26-4/h5-6H,7-10H2,1-4H3,(H,21,22)(H,23,24). The minimum Gasteiger partial charge on any atom is -0.494 e. The lowest BCUT2D eigenvalue weighted by Gasteiger charge is -2.37. The number of piperazine rings is 1. The summed E-state index contributed by atoms with van der Waals surface area (Å²) in [6, 6.07) is 2.78. The summed E-state index contributed by atoms with van der Waals surface area (Å²) < 4.78 is 10.6. The lowest BCUT2D eigenvalue weighted by Crippen LogP contribution is -2.50. The van der Waals surface area contributed by atoms with Crippen molar-refractivity contribution in [3.8, 4) is 5.75 Å². The number of carbonyl (C=O) groups excluding carboxylic acids is 1. The molecular formula is C18H24N2O7. The van der Waals surface area contributed by atoms with Gasteiger partial charge in [0.05, 0.1) is 18.4 Å². The first kappa shape index (κ1) is 20.3. The summed E-state index contributed by atoms with van der Waals surface area (Å²) in [6.45, 7) is 7.03. The van der Waals surface area contributed by atoms with Crippen molar-refractivity contribution in [3.05, 3.63) is 23.3 Å². The third-order valence-corrected chi connectivity index (χ3v) is 4.06. The van der Waals surface area contributed by atoms with Gasteiger partial charge in [-0.05, 0) is 32.9 Å². The second-order valence-electron chi connectivity index (χ2n) is 7.11. The smallest absolute Gasteiger partial charge is 0.410 e. The van der Waals surface area contributed by atoms with Crippen LogP contribution in [0.3, 0.4) is 0 Å². The minimum absolute atomic E-state index is 0.00637. The van der Waals surface area contributed by atoms with Gasteiger partial charge in [0, 0.05) is 26.2 Å². The predicted molar refractivity (Wildman–Crippen MR) is 96.9 cm³/mol. The van der Waals surface area contributed by atoms with Gasteiger partial charge in [0.2, 0.25) is 0 Å². The van der Waals surface area contributed by atoms with Crippen LogP contribution in [0.15, 0.2) is 12.1 Å². The number of carboxylic acids is 2. The maximum Gasteiger partial charge on any atom is 0.410 e. The molecule has 0 bridgehead atoms. The molecule has 9 heteroatoms. The highest BCUT2D eigenvalue weighted by molar-refractivity contribution is 6.05. The van der Waals surface area contributed by atoms with E-state index < -0.39 is 29.2 Å². The van der Waals surface area contributed by atoms with Crippen molar-refractivity contribution >= 4 is 23.7 Å². The quantitative estimate of drug-likeness (QED) is 0.816. The molecule has 0 saturated carbocycles. The summed E-state index contributed by atoms with van der Waals surface area (Å²) in [6.07, 6.45) is -0.401. The summed E-state index contributed by atoms with van der Waals surface area (Å²) in [5, 5.41) is 18.7. The molecule has 0 aromatic heterocycles. The summed E-state index contributed by atoms with van der Waals surface area (Å²) >= 11 is 0. The van der Waals surface area contributed by atoms with Gasteiger partial charge in [0.25, 0.3) is 0 Å². The summed E-state index contributed by atoms with van der Waals surface area (Å²) in [4.78, 5) is 38.5. The van der Waals surface area contributed by atoms with Crippen LogP contribution in [0.4, 0.5) is 10.5 Å². The molecule has 0 radical (unpaired) electrons. The fraction of sp³-hybridized carbons (Fsp3) is 0.500. The van der Waals surface area contributed by atoms with Crippen molar-refractivity contribution in [1.29, 1.82) is 0 Å². The molecule has 1 fully saturated rings. The largest absolute Gasteiger partial charge is 0.494 e. The van der Waals surface area contributed by atoms with Gasteiger partial charge in [-0.25, -0.2) is 14.4 Å².